The van der Waals surface area contributed by atoms with Crippen molar-refractivity contribution in [1.82, 2.24) is 14.8 Å². The van der Waals surface area contributed by atoms with Gasteiger partial charge in [0.05, 0.1) is 12.2 Å². The van der Waals surface area contributed by atoms with Gasteiger partial charge in [0.1, 0.15) is 6.33 Å². The minimum atomic E-state index is 0.347. The Hall–Kier alpha value is -1.10. The monoisotopic (exact) mass is 210 g/mol. The second kappa shape index (κ2) is 4.18. The quantitative estimate of drug-likeness (QED) is 0.792. The molecule has 1 saturated heterocycles. The summed E-state index contributed by atoms with van der Waals surface area (Å²) in [4.78, 5) is 3.92. The molecule has 0 spiro atoms. The zero-order valence-electron chi connectivity index (χ0n) is 9.26. The van der Waals surface area contributed by atoms with Crippen molar-refractivity contribution in [2.45, 2.75) is 45.4 Å². The summed E-state index contributed by atoms with van der Waals surface area (Å²) in [7, 11) is 0. The lowest BCUT2D eigenvalue weighted by molar-refractivity contribution is -0.0553. The number of hydrogen-bond donors (Lipinski definition) is 1. The number of aromatic nitrogens is 3. The van der Waals surface area contributed by atoms with Gasteiger partial charge in [-0.15, -0.1) is 5.10 Å². The molecule has 0 bridgehead atoms. The SMILES string of the molecule is CC1CC(Cn2cnc(N)n2)CC(C)O1. The molecule has 0 saturated carbocycles. The van der Waals surface area contributed by atoms with Crippen molar-refractivity contribution in [3.05, 3.63) is 6.33 Å². The van der Waals surface area contributed by atoms with Gasteiger partial charge in [0.25, 0.3) is 0 Å². The van der Waals surface area contributed by atoms with Crippen LogP contribution < -0.4 is 5.73 Å². The average molecular weight is 210 g/mol. The third kappa shape index (κ3) is 2.68. The van der Waals surface area contributed by atoms with E-state index in [-0.39, 0.29) is 0 Å². The van der Waals surface area contributed by atoms with Crippen molar-refractivity contribution in [3.63, 3.8) is 0 Å². The van der Waals surface area contributed by atoms with E-state index in [1.165, 1.54) is 0 Å². The molecule has 2 N–H and O–H groups in total. The van der Waals surface area contributed by atoms with E-state index in [0.29, 0.717) is 24.1 Å². The zero-order chi connectivity index (χ0) is 10.8. The van der Waals surface area contributed by atoms with Crippen LogP contribution in [0.15, 0.2) is 6.33 Å². The largest absolute Gasteiger partial charge is 0.376 e. The Balaban J connectivity index is 1.94. The molecule has 5 nitrogen and oxygen atoms in total. The van der Waals surface area contributed by atoms with E-state index in [0.717, 1.165) is 19.4 Å². The molecule has 1 aromatic rings. The van der Waals surface area contributed by atoms with Gasteiger partial charge in [-0.1, -0.05) is 0 Å². The molecule has 2 rings (SSSR count). The summed E-state index contributed by atoms with van der Waals surface area (Å²) in [5, 5.41) is 4.10. The minimum Gasteiger partial charge on any atom is -0.376 e. The van der Waals surface area contributed by atoms with Crippen LogP contribution in [0.3, 0.4) is 0 Å². The predicted molar refractivity (Wildman–Crippen MR) is 57.2 cm³/mol. The Bertz CT molecular complexity index is 315. The number of ether oxygens (including phenoxy) is 1. The van der Waals surface area contributed by atoms with Crippen molar-refractivity contribution in [3.8, 4) is 0 Å². The molecular formula is C10H18N4O. The van der Waals surface area contributed by atoms with E-state index in [2.05, 4.69) is 23.9 Å². The van der Waals surface area contributed by atoms with Crippen LogP contribution in [0.5, 0.6) is 0 Å². The van der Waals surface area contributed by atoms with Gasteiger partial charge < -0.3 is 10.5 Å². The van der Waals surface area contributed by atoms with Gasteiger partial charge in [-0.05, 0) is 32.6 Å². The van der Waals surface area contributed by atoms with Crippen molar-refractivity contribution in [2.24, 2.45) is 5.92 Å². The van der Waals surface area contributed by atoms with E-state index in [1.807, 2.05) is 4.68 Å². The fourth-order valence-electron chi connectivity index (χ4n) is 2.35. The summed E-state index contributed by atoms with van der Waals surface area (Å²) in [5.41, 5.74) is 5.47. The summed E-state index contributed by atoms with van der Waals surface area (Å²) in [5.74, 6) is 0.966. The summed E-state index contributed by atoms with van der Waals surface area (Å²) < 4.78 is 7.51. The third-order valence-electron chi connectivity index (χ3n) is 2.79. The molecule has 0 aliphatic carbocycles. The maximum absolute atomic E-state index is 5.69. The Morgan fingerprint density at radius 2 is 2.13 bits per heavy atom. The van der Waals surface area contributed by atoms with Gasteiger partial charge in [-0.25, -0.2) is 4.98 Å². The normalized spacial score (nSPS) is 31.7. The Morgan fingerprint density at radius 3 is 2.67 bits per heavy atom. The van der Waals surface area contributed by atoms with Gasteiger partial charge >= 0.3 is 0 Å². The lowest BCUT2D eigenvalue weighted by Gasteiger charge is -2.31. The highest BCUT2D eigenvalue weighted by Crippen LogP contribution is 2.25. The van der Waals surface area contributed by atoms with E-state index >= 15 is 0 Å². The predicted octanol–water partition coefficient (Wildman–Crippen LogP) is 1.06. The average Bonchev–Trinajstić information content (AvgIpc) is 2.49. The Kier molecular flexibility index (Phi) is 2.90. The molecule has 0 radical (unpaired) electrons. The van der Waals surface area contributed by atoms with Gasteiger partial charge in [0, 0.05) is 6.54 Å². The van der Waals surface area contributed by atoms with Crippen LogP contribution in [-0.4, -0.2) is 27.0 Å². The summed E-state index contributed by atoms with van der Waals surface area (Å²) >= 11 is 0. The number of nitrogens with two attached hydrogens (primary N) is 1. The standard InChI is InChI=1S/C10H18N4O/c1-7-3-9(4-8(2)15-7)5-14-6-12-10(11)13-14/h6-9H,3-5H2,1-2H3,(H2,11,13). The molecule has 2 heterocycles. The van der Waals surface area contributed by atoms with Crippen LogP contribution in [0.2, 0.25) is 0 Å². The van der Waals surface area contributed by atoms with Gasteiger partial charge in [0.15, 0.2) is 0 Å². The second-order valence-corrected chi connectivity index (χ2v) is 4.42. The van der Waals surface area contributed by atoms with E-state index < -0.39 is 0 Å². The topological polar surface area (TPSA) is 66.0 Å². The Morgan fingerprint density at radius 1 is 1.47 bits per heavy atom. The number of anilines is 1. The van der Waals surface area contributed by atoms with E-state index in [1.54, 1.807) is 6.33 Å². The molecule has 2 atom stereocenters. The molecule has 5 heteroatoms. The van der Waals surface area contributed by atoms with E-state index in [4.69, 9.17) is 10.5 Å². The first-order valence-corrected chi connectivity index (χ1v) is 5.44. The lowest BCUT2D eigenvalue weighted by atomic mass is 9.93. The smallest absolute Gasteiger partial charge is 0.239 e. The van der Waals surface area contributed by atoms with Crippen LogP contribution in [0, 0.1) is 5.92 Å². The first-order valence-electron chi connectivity index (χ1n) is 5.44. The highest BCUT2D eigenvalue weighted by molar-refractivity contribution is 5.09. The number of nitrogens with zero attached hydrogens (tertiary/aromatic N) is 3. The highest BCUT2D eigenvalue weighted by atomic mass is 16.5. The molecule has 1 aliphatic heterocycles. The molecule has 1 aliphatic rings. The molecule has 2 unspecified atom stereocenters. The van der Waals surface area contributed by atoms with Crippen molar-refractivity contribution in [1.29, 1.82) is 0 Å². The molecule has 1 fully saturated rings. The molecule has 0 aromatic carbocycles. The highest BCUT2D eigenvalue weighted by Gasteiger charge is 2.24. The van der Waals surface area contributed by atoms with Crippen molar-refractivity contribution in [2.75, 3.05) is 5.73 Å². The first kappa shape index (κ1) is 10.4. The van der Waals surface area contributed by atoms with Crippen LogP contribution in [0.4, 0.5) is 5.95 Å². The third-order valence-corrected chi connectivity index (χ3v) is 2.79. The van der Waals surface area contributed by atoms with Crippen molar-refractivity contribution < 1.29 is 4.74 Å². The molecule has 15 heavy (non-hydrogen) atoms. The van der Waals surface area contributed by atoms with Crippen LogP contribution in [0.25, 0.3) is 0 Å². The maximum atomic E-state index is 5.69. The van der Waals surface area contributed by atoms with Gasteiger partial charge in [0.2, 0.25) is 5.95 Å². The van der Waals surface area contributed by atoms with Gasteiger partial charge in [-0.3, -0.25) is 4.68 Å². The second-order valence-electron chi connectivity index (χ2n) is 4.42. The van der Waals surface area contributed by atoms with Crippen LogP contribution in [0.1, 0.15) is 26.7 Å². The number of hydrogen-bond acceptors (Lipinski definition) is 4. The zero-order valence-corrected chi connectivity index (χ0v) is 9.26. The summed E-state index contributed by atoms with van der Waals surface area (Å²) in [6.07, 6.45) is 4.56. The molecular weight excluding hydrogens is 192 g/mol. The fourth-order valence-corrected chi connectivity index (χ4v) is 2.35. The number of nitrogen functional groups attached to an aromatic ring is 1. The Labute approximate surface area is 89.6 Å². The molecule has 84 valence electrons. The number of rotatable bonds is 2. The molecule has 0 amide bonds. The van der Waals surface area contributed by atoms with Crippen LogP contribution in [-0.2, 0) is 11.3 Å². The molecule has 1 aromatic heterocycles. The van der Waals surface area contributed by atoms with Gasteiger partial charge in [-0.2, -0.15) is 0 Å². The fraction of sp³-hybridized carbons (Fsp3) is 0.800. The maximum Gasteiger partial charge on any atom is 0.239 e. The minimum absolute atomic E-state index is 0.347. The first-order chi connectivity index (χ1) is 7.13. The summed E-state index contributed by atoms with van der Waals surface area (Å²) in [6.45, 7) is 5.14. The lowest BCUT2D eigenvalue weighted by Crippen LogP contribution is -2.31. The van der Waals surface area contributed by atoms with Crippen molar-refractivity contribution >= 4 is 5.95 Å². The summed E-state index contributed by atoms with van der Waals surface area (Å²) in [6, 6.07) is 0. The van der Waals surface area contributed by atoms with Crippen LogP contribution >= 0.6 is 0 Å². The van der Waals surface area contributed by atoms with E-state index in [9.17, 15) is 0 Å².